The molecule has 0 saturated carbocycles. The van der Waals surface area contributed by atoms with Crippen molar-refractivity contribution >= 4 is 40.3 Å². The molecule has 1 N–H and O–H groups in total. The summed E-state index contributed by atoms with van der Waals surface area (Å²) in [6.07, 6.45) is 11.3. The number of likely N-dealkylation sites (tertiary alicyclic amines) is 2. The molecular formula is C56H72N8O7. The summed E-state index contributed by atoms with van der Waals surface area (Å²) >= 11 is 0. The van der Waals surface area contributed by atoms with Gasteiger partial charge in [-0.25, -0.2) is 9.59 Å². The van der Waals surface area contributed by atoms with Crippen LogP contribution in [0.3, 0.4) is 0 Å². The number of aromatic nitrogens is 4. The first kappa shape index (κ1) is 53.6. The van der Waals surface area contributed by atoms with E-state index in [4.69, 9.17) is 9.47 Å². The first-order valence-electron chi connectivity index (χ1n) is 24.5. The second kappa shape index (κ2) is 23.9. The summed E-state index contributed by atoms with van der Waals surface area (Å²) in [6.45, 7) is 19.4. The molecule has 0 spiro atoms. The molecule has 0 unspecified atom stereocenters. The number of hydrogen-bond acceptors (Lipinski definition) is 11. The second-order valence-corrected chi connectivity index (χ2v) is 20.7. The van der Waals surface area contributed by atoms with E-state index >= 15 is 0 Å². The molecule has 2 saturated heterocycles. The highest BCUT2D eigenvalue weighted by Crippen LogP contribution is 2.24. The van der Waals surface area contributed by atoms with E-state index in [1.807, 2.05) is 157 Å². The van der Waals surface area contributed by atoms with Crippen LogP contribution >= 0.6 is 0 Å². The number of para-hydroxylation sites is 2. The summed E-state index contributed by atoms with van der Waals surface area (Å²) in [5.41, 5.74) is 6.12. The minimum atomic E-state index is -0.532. The number of ether oxygens (including phenoxy) is 2. The van der Waals surface area contributed by atoms with Crippen molar-refractivity contribution in [2.24, 2.45) is 14.1 Å². The van der Waals surface area contributed by atoms with Gasteiger partial charge in [-0.1, -0.05) is 24.3 Å². The molecule has 2 aliphatic heterocycles. The number of nitrogens with zero attached hydrogens (tertiary/aromatic N) is 7. The maximum atomic E-state index is 13.4. The predicted octanol–water partition coefficient (Wildman–Crippen LogP) is 8.87. The molecule has 71 heavy (non-hydrogen) atoms. The van der Waals surface area contributed by atoms with Gasteiger partial charge in [-0.2, -0.15) is 0 Å². The fourth-order valence-corrected chi connectivity index (χ4v) is 9.00. The zero-order valence-corrected chi connectivity index (χ0v) is 43.2. The smallest absolute Gasteiger partial charge is 0.410 e. The Morgan fingerprint density at radius 1 is 0.704 bits per heavy atom. The highest BCUT2D eigenvalue weighted by atomic mass is 16.6. The van der Waals surface area contributed by atoms with Crippen LogP contribution in [0.4, 0.5) is 9.59 Å². The van der Waals surface area contributed by atoms with Gasteiger partial charge in [-0.15, -0.1) is 0 Å². The van der Waals surface area contributed by atoms with Gasteiger partial charge in [0.25, 0.3) is 0 Å². The Labute approximate surface area is 417 Å². The van der Waals surface area contributed by atoms with Gasteiger partial charge >= 0.3 is 12.2 Å². The number of rotatable bonds is 9. The van der Waals surface area contributed by atoms with Crippen LogP contribution in [-0.4, -0.2) is 102 Å². The lowest BCUT2D eigenvalue weighted by Gasteiger charge is -2.40. The summed E-state index contributed by atoms with van der Waals surface area (Å²) < 4.78 is 15.1. The van der Waals surface area contributed by atoms with Crippen molar-refractivity contribution in [1.29, 1.82) is 0 Å². The Bertz CT molecular complexity index is 2920. The molecule has 6 heterocycles. The molecule has 4 aromatic heterocycles. The van der Waals surface area contributed by atoms with E-state index < -0.39 is 11.2 Å². The normalized spacial score (nSPS) is 16.2. The minimum Gasteiger partial charge on any atom is -0.444 e. The summed E-state index contributed by atoms with van der Waals surface area (Å²) in [6, 6.07) is 23.2. The zero-order chi connectivity index (χ0) is 51.5. The SMILES string of the molecule is Cc1cc(C=O)ccn1.Cc1cc(CN(Cc2cn(C)c3ccccc3c2=O)[C@H]2CCCN(C(=O)OC(C)(C)C)C2)ccn1.Cn1cc(CN[C@H]2CCCN(C(=O)OC(C)(C)C)C2)c(=O)c2ccccc21. The Morgan fingerprint density at radius 2 is 1.23 bits per heavy atom. The molecule has 2 fully saturated rings. The van der Waals surface area contributed by atoms with E-state index in [-0.39, 0.29) is 35.1 Å². The topological polar surface area (TPSA) is 161 Å². The summed E-state index contributed by atoms with van der Waals surface area (Å²) in [7, 11) is 3.93. The predicted molar refractivity (Wildman–Crippen MR) is 279 cm³/mol. The molecule has 15 heteroatoms. The molecule has 8 rings (SSSR count). The van der Waals surface area contributed by atoms with Crippen molar-refractivity contribution in [3.05, 3.63) is 152 Å². The van der Waals surface area contributed by atoms with Crippen LogP contribution in [0.15, 0.2) is 107 Å². The average Bonchev–Trinajstić information content (AvgIpc) is 3.33. The third-order valence-corrected chi connectivity index (χ3v) is 12.3. The number of hydrogen-bond donors (Lipinski definition) is 1. The van der Waals surface area contributed by atoms with Crippen LogP contribution < -0.4 is 16.2 Å². The lowest BCUT2D eigenvalue weighted by atomic mass is 10.0. The van der Waals surface area contributed by atoms with Crippen LogP contribution in [0.5, 0.6) is 0 Å². The van der Waals surface area contributed by atoms with Crippen molar-refractivity contribution in [3.8, 4) is 0 Å². The summed E-state index contributed by atoms with van der Waals surface area (Å²) in [5.74, 6) is 0. The third-order valence-electron chi connectivity index (χ3n) is 12.3. The lowest BCUT2D eigenvalue weighted by molar-refractivity contribution is 0.00879. The highest BCUT2D eigenvalue weighted by molar-refractivity contribution is 5.80. The number of amides is 2. The first-order chi connectivity index (χ1) is 33.7. The van der Waals surface area contributed by atoms with Crippen molar-refractivity contribution in [2.45, 2.75) is 124 Å². The summed E-state index contributed by atoms with van der Waals surface area (Å²) in [5, 5.41) is 4.92. The Balaban J connectivity index is 0.000000202. The van der Waals surface area contributed by atoms with Gasteiger partial charge in [0.05, 0.1) is 11.0 Å². The number of benzene rings is 2. The van der Waals surface area contributed by atoms with E-state index in [1.165, 1.54) is 0 Å². The van der Waals surface area contributed by atoms with E-state index in [2.05, 4.69) is 26.3 Å². The first-order valence-corrected chi connectivity index (χ1v) is 24.5. The third kappa shape index (κ3) is 15.4. The highest BCUT2D eigenvalue weighted by Gasteiger charge is 2.32. The molecule has 2 aromatic carbocycles. The molecule has 378 valence electrons. The quantitative estimate of drug-likeness (QED) is 0.138. The molecule has 15 nitrogen and oxygen atoms in total. The van der Waals surface area contributed by atoms with Crippen LogP contribution in [0.1, 0.15) is 106 Å². The van der Waals surface area contributed by atoms with Gasteiger partial charge in [-0.3, -0.25) is 29.3 Å². The summed E-state index contributed by atoms with van der Waals surface area (Å²) in [4.78, 5) is 75.5. The minimum absolute atomic E-state index is 0.0643. The maximum Gasteiger partial charge on any atom is 0.410 e. The van der Waals surface area contributed by atoms with Gasteiger partial charge in [0.1, 0.15) is 17.5 Å². The largest absolute Gasteiger partial charge is 0.444 e. The van der Waals surface area contributed by atoms with Gasteiger partial charge in [0, 0.05) is 136 Å². The number of nitrogens with one attached hydrogen (secondary N) is 1. The Hall–Kier alpha value is -6.71. The fraction of sp³-hybridized carbons (Fsp3) is 0.446. The number of carbonyl (C=O) groups is 3. The second-order valence-electron chi connectivity index (χ2n) is 20.7. The number of fused-ring (bicyclic) bond motifs is 2. The van der Waals surface area contributed by atoms with Crippen LogP contribution in [0.2, 0.25) is 0 Å². The molecule has 0 aliphatic carbocycles. The number of aryl methyl sites for hydroxylation is 4. The van der Waals surface area contributed by atoms with E-state index in [1.54, 1.807) is 23.2 Å². The average molecular weight is 969 g/mol. The van der Waals surface area contributed by atoms with Crippen LogP contribution in [0, 0.1) is 13.8 Å². The molecule has 6 aromatic rings. The number of pyridine rings is 4. The zero-order valence-electron chi connectivity index (χ0n) is 43.2. The van der Waals surface area contributed by atoms with Crippen LogP contribution in [0.25, 0.3) is 21.8 Å². The van der Waals surface area contributed by atoms with Gasteiger partial charge in [-0.05, 0) is 135 Å². The maximum absolute atomic E-state index is 13.4. The van der Waals surface area contributed by atoms with E-state index in [0.717, 1.165) is 81.9 Å². The number of carbonyl (C=O) groups excluding carboxylic acids is 3. The van der Waals surface area contributed by atoms with Crippen molar-refractivity contribution in [1.82, 2.24) is 39.1 Å². The Kier molecular flexibility index (Phi) is 18.1. The van der Waals surface area contributed by atoms with Crippen molar-refractivity contribution < 1.29 is 23.9 Å². The van der Waals surface area contributed by atoms with E-state index in [9.17, 15) is 24.0 Å². The monoisotopic (exact) mass is 969 g/mol. The standard InChI is InChI=1S/C28H36N4O3.C21H29N3O3.C7H7NO/c1-20-15-21(12-13-29-20)16-32(23-9-8-14-31(19-23)27(34)35-28(2,3)4)18-22-17-30(5)25-11-7-6-10-24(25)26(22)33;1-21(2,3)27-20(26)24-11-7-8-16(14-24)22-12-15-13-23(4)18-10-6-5-9-17(18)19(15)25;1-6-4-7(5-9)2-3-8-6/h6-7,10-13,15,17,23H,8-9,14,16,18-19H2,1-5H3;5-6,9-10,13,16,22H,7-8,11-12,14H2,1-4H3;2-5H,1H3/t23-;16-;/m00./s1. The number of piperidine rings is 2. The van der Waals surface area contributed by atoms with Gasteiger partial charge in [0.15, 0.2) is 10.9 Å². The van der Waals surface area contributed by atoms with Crippen molar-refractivity contribution in [2.75, 3.05) is 26.2 Å². The van der Waals surface area contributed by atoms with Gasteiger partial charge in [0.2, 0.25) is 0 Å². The molecule has 0 bridgehead atoms. The Morgan fingerprint density at radius 3 is 1.77 bits per heavy atom. The van der Waals surface area contributed by atoms with Crippen LogP contribution in [-0.2, 0) is 43.2 Å². The molecule has 2 amide bonds. The van der Waals surface area contributed by atoms with Gasteiger partial charge < -0.3 is 33.7 Å². The van der Waals surface area contributed by atoms with Crippen molar-refractivity contribution in [3.63, 3.8) is 0 Å². The fourth-order valence-electron chi connectivity index (χ4n) is 9.00. The van der Waals surface area contributed by atoms with E-state index in [0.29, 0.717) is 51.4 Å². The molecule has 2 aliphatic rings. The molecular weight excluding hydrogens is 897 g/mol. The lowest BCUT2D eigenvalue weighted by Crippen LogP contribution is -2.50. The number of aldehydes is 1. The molecule has 0 radical (unpaired) electrons. The molecule has 2 atom stereocenters.